The van der Waals surface area contributed by atoms with E-state index in [9.17, 15) is 14.0 Å². The minimum absolute atomic E-state index is 0.0136. The highest BCUT2D eigenvalue weighted by atomic mass is 35.5. The predicted molar refractivity (Wildman–Crippen MR) is 125 cm³/mol. The topological polar surface area (TPSA) is 40.6 Å². The Morgan fingerprint density at radius 3 is 2.38 bits per heavy atom. The van der Waals surface area contributed by atoms with Crippen molar-refractivity contribution in [2.24, 2.45) is 0 Å². The van der Waals surface area contributed by atoms with E-state index in [4.69, 9.17) is 11.6 Å². The molecule has 7 heteroatoms. The smallest absolute Gasteiger partial charge is 0.256 e. The van der Waals surface area contributed by atoms with Gasteiger partial charge < -0.3 is 9.80 Å². The van der Waals surface area contributed by atoms with Gasteiger partial charge in [0.25, 0.3) is 5.91 Å². The molecule has 1 saturated carbocycles. The van der Waals surface area contributed by atoms with Gasteiger partial charge in [0.15, 0.2) is 0 Å². The van der Waals surface area contributed by atoms with Gasteiger partial charge in [0, 0.05) is 22.3 Å². The van der Waals surface area contributed by atoms with Gasteiger partial charge in [0.2, 0.25) is 5.91 Å². The molecule has 4 rings (SSSR count). The van der Waals surface area contributed by atoms with Crippen LogP contribution in [0.15, 0.2) is 60.7 Å². The first-order valence-corrected chi connectivity index (χ1v) is 11.7. The lowest BCUT2D eigenvalue weighted by atomic mass is 10.2. The van der Waals surface area contributed by atoms with Gasteiger partial charge in [-0.1, -0.05) is 35.9 Å². The number of amides is 2. The van der Waals surface area contributed by atoms with Crippen molar-refractivity contribution < 1.29 is 14.0 Å². The first-order valence-electron chi connectivity index (χ1n) is 10.5. The second kappa shape index (κ2) is 9.84. The zero-order valence-corrected chi connectivity index (χ0v) is 19.3. The lowest BCUT2D eigenvalue weighted by molar-refractivity contribution is -0.133. The van der Waals surface area contributed by atoms with Crippen LogP contribution in [0, 0.1) is 12.7 Å². The number of hydrogen-bond acceptors (Lipinski definition) is 3. The number of hydrogen-bond donors (Lipinski definition) is 0. The van der Waals surface area contributed by atoms with Crippen LogP contribution in [0.4, 0.5) is 4.39 Å². The maximum Gasteiger partial charge on any atom is 0.256 e. The summed E-state index contributed by atoms with van der Waals surface area (Å²) in [6.07, 6.45) is 1.76. The van der Waals surface area contributed by atoms with Crippen LogP contribution in [0.1, 0.15) is 38.5 Å². The predicted octanol–water partition coefficient (Wildman–Crippen LogP) is 5.68. The number of rotatable bonds is 8. The van der Waals surface area contributed by atoms with Crippen LogP contribution in [0.3, 0.4) is 0 Å². The Labute approximate surface area is 196 Å². The van der Waals surface area contributed by atoms with Crippen LogP contribution >= 0.6 is 22.9 Å². The lowest BCUT2D eigenvalue weighted by Gasteiger charge is -2.28. The second-order valence-electron chi connectivity index (χ2n) is 8.03. The molecule has 1 aliphatic rings. The third-order valence-corrected chi connectivity index (χ3v) is 6.76. The van der Waals surface area contributed by atoms with E-state index < -0.39 is 0 Å². The molecule has 4 nitrogen and oxygen atoms in total. The maximum absolute atomic E-state index is 13.4. The number of nitrogens with zero attached hydrogens (tertiary/aromatic N) is 2. The van der Waals surface area contributed by atoms with Gasteiger partial charge in [-0.2, -0.15) is 0 Å². The molecule has 1 aromatic heterocycles. The van der Waals surface area contributed by atoms with E-state index in [1.54, 1.807) is 57.5 Å². The third kappa shape index (κ3) is 5.56. The molecule has 1 fully saturated rings. The highest BCUT2D eigenvalue weighted by molar-refractivity contribution is 7.11. The van der Waals surface area contributed by atoms with E-state index in [2.05, 4.69) is 0 Å². The molecule has 3 aromatic rings. The van der Waals surface area contributed by atoms with Crippen LogP contribution in [-0.4, -0.2) is 34.2 Å². The molecule has 2 amide bonds. The summed E-state index contributed by atoms with van der Waals surface area (Å²) in [6, 6.07) is 17.2. The highest BCUT2D eigenvalue weighted by Crippen LogP contribution is 2.30. The fraction of sp³-hybridized carbons (Fsp3) is 0.280. The standard InChI is InChI=1S/C25H24ClFN2O2S/c1-17-6-13-21(32-17)15-28(14-18-7-9-19(27)10-8-18)24(30)16-29(20-11-12-20)25(31)22-4-2-3-5-23(22)26/h2-10,13,20H,11-12,14-16H2,1H3. The molecular weight excluding hydrogens is 447 g/mol. The summed E-state index contributed by atoms with van der Waals surface area (Å²) < 4.78 is 13.3. The zero-order valence-electron chi connectivity index (χ0n) is 17.8. The maximum atomic E-state index is 13.4. The van der Waals surface area contributed by atoms with Crippen molar-refractivity contribution in [2.75, 3.05) is 6.54 Å². The summed E-state index contributed by atoms with van der Waals surface area (Å²) in [5, 5.41) is 0.382. The first kappa shape index (κ1) is 22.5. The van der Waals surface area contributed by atoms with Crippen molar-refractivity contribution in [3.05, 3.63) is 92.4 Å². The van der Waals surface area contributed by atoms with Crippen molar-refractivity contribution in [1.82, 2.24) is 9.80 Å². The van der Waals surface area contributed by atoms with Crippen molar-refractivity contribution >= 4 is 34.8 Å². The Balaban J connectivity index is 1.55. The summed E-state index contributed by atoms with van der Waals surface area (Å²) in [6.45, 7) is 2.79. The molecule has 0 bridgehead atoms. The molecule has 0 saturated heterocycles. The summed E-state index contributed by atoms with van der Waals surface area (Å²) in [7, 11) is 0. The van der Waals surface area contributed by atoms with Gasteiger partial charge in [0.1, 0.15) is 12.4 Å². The normalized spacial score (nSPS) is 13.1. The van der Waals surface area contributed by atoms with Crippen LogP contribution < -0.4 is 0 Å². The van der Waals surface area contributed by atoms with E-state index in [1.165, 1.54) is 17.0 Å². The zero-order chi connectivity index (χ0) is 22.7. The number of halogens is 2. The first-order chi connectivity index (χ1) is 15.4. The number of benzene rings is 2. The van der Waals surface area contributed by atoms with Crippen LogP contribution in [0.25, 0.3) is 0 Å². The average molecular weight is 471 g/mol. The minimum Gasteiger partial charge on any atom is -0.332 e. The number of carbonyl (C=O) groups excluding carboxylic acids is 2. The Morgan fingerprint density at radius 2 is 1.75 bits per heavy atom. The van der Waals surface area contributed by atoms with Gasteiger partial charge in [-0.3, -0.25) is 9.59 Å². The molecule has 2 aromatic carbocycles. The van der Waals surface area contributed by atoms with Crippen LogP contribution in [0.5, 0.6) is 0 Å². The van der Waals surface area contributed by atoms with E-state index >= 15 is 0 Å². The summed E-state index contributed by atoms with van der Waals surface area (Å²) >= 11 is 7.88. The Bertz CT molecular complexity index is 1110. The second-order valence-corrected chi connectivity index (χ2v) is 9.81. The summed E-state index contributed by atoms with van der Waals surface area (Å²) in [5.41, 5.74) is 1.25. The van der Waals surface area contributed by atoms with Gasteiger partial charge >= 0.3 is 0 Å². The highest BCUT2D eigenvalue weighted by Gasteiger charge is 2.36. The van der Waals surface area contributed by atoms with E-state index in [0.717, 1.165) is 23.3 Å². The third-order valence-electron chi connectivity index (χ3n) is 5.44. The van der Waals surface area contributed by atoms with Gasteiger partial charge in [-0.05, 0) is 61.7 Å². The molecule has 0 spiro atoms. The van der Waals surface area contributed by atoms with Crippen LogP contribution in [0.2, 0.25) is 5.02 Å². The van der Waals surface area contributed by atoms with E-state index in [1.807, 2.05) is 19.1 Å². The Kier molecular flexibility index (Phi) is 6.92. The molecule has 166 valence electrons. The van der Waals surface area contributed by atoms with Crippen molar-refractivity contribution in [1.29, 1.82) is 0 Å². The summed E-state index contributed by atoms with van der Waals surface area (Å²) in [4.78, 5) is 32.2. The van der Waals surface area contributed by atoms with Gasteiger partial charge in [-0.25, -0.2) is 4.39 Å². The largest absolute Gasteiger partial charge is 0.332 e. The molecular formula is C25H24ClFN2O2S. The van der Waals surface area contributed by atoms with Crippen molar-refractivity contribution in [3.63, 3.8) is 0 Å². The summed E-state index contributed by atoms with van der Waals surface area (Å²) in [5.74, 6) is -0.682. The average Bonchev–Trinajstić information content (AvgIpc) is 3.54. The van der Waals surface area contributed by atoms with Gasteiger partial charge in [0.05, 0.1) is 17.1 Å². The molecule has 1 aliphatic carbocycles. The molecule has 0 unspecified atom stereocenters. The molecule has 0 radical (unpaired) electrons. The molecule has 0 N–H and O–H groups in total. The fourth-order valence-electron chi connectivity index (χ4n) is 3.59. The van der Waals surface area contributed by atoms with Crippen molar-refractivity contribution in [3.8, 4) is 0 Å². The Hall–Kier alpha value is -2.70. The Morgan fingerprint density at radius 1 is 1.03 bits per heavy atom. The lowest BCUT2D eigenvalue weighted by Crippen LogP contribution is -2.43. The molecule has 32 heavy (non-hydrogen) atoms. The van der Waals surface area contributed by atoms with Crippen molar-refractivity contribution in [2.45, 2.75) is 38.9 Å². The quantitative estimate of drug-likeness (QED) is 0.424. The molecule has 0 atom stereocenters. The van der Waals surface area contributed by atoms with E-state index in [-0.39, 0.29) is 30.2 Å². The van der Waals surface area contributed by atoms with Gasteiger partial charge in [-0.15, -0.1) is 11.3 Å². The van der Waals surface area contributed by atoms with Crippen LogP contribution in [-0.2, 0) is 17.9 Å². The minimum atomic E-state index is -0.314. The van der Waals surface area contributed by atoms with E-state index in [0.29, 0.717) is 23.7 Å². The fourth-order valence-corrected chi connectivity index (χ4v) is 4.71. The molecule has 1 heterocycles. The number of thiophene rings is 1. The number of carbonyl (C=O) groups is 2. The monoisotopic (exact) mass is 470 g/mol. The SMILES string of the molecule is Cc1ccc(CN(Cc2ccc(F)cc2)C(=O)CN(C(=O)c2ccccc2Cl)C2CC2)s1. The number of aryl methyl sites for hydroxylation is 1. The molecule has 0 aliphatic heterocycles.